The van der Waals surface area contributed by atoms with Gasteiger partial charge in [-0.15, -0.1) is 0 Å². The molecule has 3 atom stereocenters. The molecule has 0 aromatic heterocycles. The first-order valence-electron chi connectivity index (χ1n) is 5.96. The SMILES string of the molecule is CC(CO)C(O)C(C)C(=O)c1ccc([N+](=O)[O-])cc1. The molecular weight excluding hydrogens is 250 g/mol. The molecule has 0 aliphatic rings. The number of hydrogen-bond acceptors (Lipinski definition) is 5. The van der Waals surface area contributed by atoms with Crippen LogP contribution in [0.1, 0.15) is 24.2 Å². The van der Waals surface area contributed by atoms with Crippen molar-refractivity contribution in [3.63, 3.8) is 0 Å². The van der Waals surface area contributed by atoms with E-state index in [9.17, 15) is 20.0 Å². The van der Waals surface area contributed by atoms with Crippen molar-refractivity contribution in [3.05, 3.63) is 39.9 Å². The van der Waals surface area contributed by atoms with Crippen LogP contribution in [0.2, 0.25) is 0 Å². The topological polar surface area (TPSA) is 101 Å². The Hall–Kier alpha value is -1.79. The maximum absolute atomic E-state index is 12.1. The third kappa shape index (κ3) is 3.59. The molecule has 0 heterocycles. The Morgan fingerprint density at radius 2 is 1.84 bits per heavy atom. The van der Waals surface area contributed by atoms with Crippen molar-refractivity contribution >= 4 is 11.5 Å². The second-order valence-corrected chi connectivity index (χ2v) is 4.61. The van der Waals surface area contributed by atoms with Crippen LogP contribution in [0.5, 0.6) is 0 Å². The van der Waals surface area contributed by atoms with E-state index in [1.54, 1.807) is 13.8 Å². The second-order valence-electron chi connectivity index (χ2n) is 4.61. The van der Waals surface area contributed by atoms with Gasteiger partial charge in [-0.2, -0.15) is 0 Å². The molecule has 0 radical (unpaired) electrons. The van der Waals surface area contributed by atoms with E-state index < -0.39 is 22.9 Å². The highest BCUT2D eigenvalue weighted by molar-refractivity contribution is 5.98. The van der Waals surface area contributed by atoms with Gasteiger partial charge in [0.05, 0.1) is 11.0 Å². The van der Waals surface area contributed by atoms with Gasteiger partial charge in [0, 0.05) is 36.1 Å². The molecule has 6 nitrogen and oxygen atoms in total. The molecule has 0 bridgehead atoms. The van der Waals surface area contributed by atoms with Crippen molar-refractivity contribution in [1.82, 2.24) is 0 Å². The first kappa shape index (κ1) is 15.3. The summed E-state index contributed by atoms with van der Waals surface area (Å²) in [5.74, 6) is -1.39. The predicted octanol–water partition coefficient (Wildman–Crippen LogP) is 1.40. The summed E-state index contributed by atoms with van der Waals surface area (Å²) < 4.78 is 0. The summed E-state index contributed by atoms with van der Waals surface area (Å²) in [4.78, 5) is 22.0. The van der Waals surface area contributed by atoms with Crippen molar-refractivity contribution in [1.29, 1.82) is 0 Å². The molecule has 0 aliphatic heterocycles. The van der Waals surface area contributed by atoms with E-state index in [4.69, 9.17) is 5.11 Å². The fourth-order valence-electron chi connectivity index (χ4n) is 1.77. The average molecular weight is 267 g/mol. The van der Waals surface area contributed by atoms with E-state index in [1.807, 2.05) is 0 Å². The molecule has 1 aromatic carbocycles. The lowest BCUT2D eigenvalue weighted by molar-refractivity contribution is -0.384. The first-order valence-corrected chi connectivity index (χ1v) is 5.96. The number of Topliss-reactive ketones (excluding diaryl/α,β-unsaturated/α-hetero) is 1. The Morgan fingerprint density at radius 1 is 1.32 bits per heavy atom. The monoisotopic (exact) mass is 267 g/mol. The summed E-state index contributed by atoms with van der Waals surface area (Å²) in [5.41, 5.74) is 0.218. The number of carbonyl (C=O) groups excluding carboxylic acids is 1. The molecule has 1 aromatic rings. The van der Waals surface area contributed by atoms with Crippen LogP contribution in [0.25, 0.3) is 0 Å². The summed E-state index contributed by atoms with van der Waals surface area (Å²) in [7, 11) is 0. The van der Waals surface area contributed by atoms with E-state index >= 15 is 0 Å². The predicted molar refractivity (Wildman–Crippen MR) is 68.8 cm³/mol. The van der Waals surface area contributed by atoms with Crippen molar-refractivity contribution in [3.8, 4) is 0 Å². The van der Waals surface area contributed by atoms with E-state index in [2.05, 4.69) is 0 Å². The Morgan fingerprint density at radius 3 is 2.26 bits per heavy atom. The van der Waals surface area contributed by atoms with E-state index in [1.165, 1.54) is 24.3 Å². The zero-order valence-electron chi connectivity index (χ0n) is 10.8. The lowest BCUT2D eigenvalue weighted by Crippen LogP contribution is -2.33. The quantitative estimate of drug-likeness (QED) is 0.461. The standard InChI is InChI=1S/C13H17NO5/c1-8(7-15)12(16)9(2)13(17)10-3-5-11(6-4-10)14(18)19/h3-6,8-9,12,15-16H,7H2,1-2H3. The lowest BCUT2D eigenvalue weighted by atomic mass is 9.88. The minimum Gasteiger partial charge on any atom is -0.396 e. The smallest absolute Gasteiger partial charge is 0.269 e. The number of aliphatic hydroxyl groups excluding tert-OH is 2. The number of carbonyl (C=O) groups is 1. The molecular formula is C13H17NO5. The molecule has 0 fully saturated rings. The molecule has 6 heteroatoms. The number of nitro groups is 1. The van der Waals surface area contributed by atoms with Gasteiger partial charge in [0.15, 0.2) is 5.78 Å². The molecule has 3 unspecified atom stereocenters. The number of hydrogen-bond donors (Lipinski definition) is 2. The third-order valence-corrected chi connectivity index (χ3v) is 3.16. The van der Waals surface area contributed by atoms with Gasteiger partial charge < -0.3 is 10.2 Å². The molecule has 0 spiro atoms. The summed E-state index contributed by atoms with van der Waals surface area (Å²) in [6.07, 6.45) is -0.951. The van der Waals surface area contributed by atoms with Crippen molar-refractivity contribution in [2.75, 3.05) is 6.61 Å². The van der Waals surface area contributed by atoms with E-state index in [0.717, 1.165) is 0 Å². The van der Waals surface area contributed by atoms with Gasteiger partial charge in [0.2, 0.25) is 0 Å². The van der Waals surface area contributed by atoms with Gasteiger partial charge in [-0.1, -0.05) is 13.8 Å². The largest absolute Gasteiger partial charge is 0.396 e. The van der Waals surface area contributed by atoms with Gasteiger partial charge in [-0.05, 0) is 12.1 Å². The van der Waals surface area contributed by atoms with Crippen LogP contribution in [0.15, 0.2) is 24.3 Å². The van der Waals surface area contributed by atoms with Crippen LogP contribution in [0.3, 0.4) is 0 Å². The Kier molecular flexibility index (Phi) is 5.14. The maximum atomic E-state index is 12.1. The molecule has 0 saturated carbocycles. The number of nitro benzene ring substituents is 1. The molecule has 2 N–H and O–H groups in total. The van der Waals surface area contributed by atoms with Gasteiger partial charge in [-0.3, -0.25) is 14.9 Å². The highest BCUT2D eigenvalue weighted by Crippen LogP contribution is 2.20. The van der Waals surface area contributed by atoms with E-state index in [-0.39, 0.29) is 18.1 Å². The second kappa shape index (κ2) is 6.40. The summed E-state index contributed by atoms with van der Waals surface area (Å²) in [5, 5.41) is 29.3. The van der Waals surface area contributed by atoms with Gasteiger partial charge in [0.1, 0.15) is 0 Å². The summed E-state index contributed by atoms with van der Waals surface area (Å²) in [6.45, 7) is 3.00. The number of non-ortho nitro benzene ring substituents is 1. The summed E-state index contributed by atoms with van der Waals surface area (Å²) >= 11 is 0. The van der Waals surface area contributed by atoms with Crippen molar-refractivity contribution in [2.24, 2.45) is 11.8 Å². The molecule has 0 saturated heterocycles. The number of ketones is 1. The molecule has 1 rings (SSSR count). The highest BCUT2D eigenvalue weighted by Gasteiger charge is 2.27. The van der Waals surface area contributed by atoms with Crippen LogP contribution < -0.4 is 0 Å². The molecule has 19 heavy (non-hydrogen) atoms. The Bertz CT molecular complexity index is 457. The van der Waals surface area contributed by atoms with Crippen molar-refractivity contribution < 1.29 is 19.9 Å². The summed E-state index contributed by atoms with van der Waals surface area (Å²) in [6, 6.07) is 5.24. The third-order valence-electron chi connectivity index (χ3n) is 3.16. The number of nitrogens with zero attached hydrogens (tertiary/aromatic N) is 1. The highest BCUT2D eigenvalue weighted by atomic mass is 16.6. The van der Waals surface area contributed by atoms with Gasteiger partial charge in [0.25, 0.3) is 5.69 Å². The van der Waals surface area contributed by atoms with Crippen LogP contribution in [0.4, 0.5) is 5.69 Å². The minimum atomic E-state index is -0.951. The maximum Gasteiger partial charge on any atom is 0.269 e. The number of benzene rings is 1. The molecule has 0 amide bonds. The van der Waals surface area contributed by atoms with Crippen LogP contribution in [-0.4, -0.2) is 33.6 Å². The molecule has 0 aliphatic carbocycles. The van der Waals surface area contributed by atoms with Crippen molar-refractivity contribution in [2.45, 2.75) is 20.0 Å². The normalized spacial score (nSPS) is 15.6. The minimum absolute atomic E-state index is 0.0894. The van der Waals surface area contributed by atoms with E-state index in [0.29, 0.717) is 5.56 Å². The average Bonchev–Trinajstić information content (AvgIpc) is 2.44. The number of aliphatic hydroxyl groups is 2. The van der Waals surface area contributed by atoms with Crippen LogP contribution >= 0.6 is 0 Å². The van der Waals surface area contributed by atoms with Crippen LogP contribution in [0, 0.1) is 22.0 Å². The molecule has 104 valence electrons. The van der Waals surface area contributed by atoms with Crippen LogP contribution in [-0.2, 0) is 0 Å². The number of rotatable bonds is 6. The van der Waals surface area contributed by atoms with Gasteiger partial charge >= 0.3 is 0 Å². The fourth-order valence-corrected chi connectivity index (χ4v) is 1.77. The zero-order valence-corrected chi connectivity index (χ0v) is 10.8. The lowest BCUT2D eigenvalue weighted by Gasteiger charge is -2.22. The first-order chi connectivity index (χ1) is 8.88. The van der Waals surface area contributed by atoms with Gasteiger partial charge in [-0.25, -0.2) is 0 Å². The Labute approximate surface area is 110 Å². The fraction of sp³-hybridized carbons (Fsp3) is 0.462. The Balaban J connectivity index is 2.85. The zero-order chi connectivity index (χ0) is 14.6.